The summed E-state index contributed by atoms with van der Waals surface area (Å²) < 4.78 is 36.0. The number of carbonyl (C=O) groups is 1. The third-order valence-electron chi connectivity index (χ3n) is 4.61. The van der Waals surface area contributed by atoms with Crippen LogP contribution in [0.4, 0.5) is 5.69 Å². The van der Waals surface area contributed by atoms with Gasteiger partial charge in [0, 0.05) is 30.7 Å². The Morgan fingerprint density at radius 1 is 1.22 bits per heavy atom. The van der Waals surface area contributed by atoms with E-state index < -0.39 is 10.0 Å². The molecule has 170 valence electrons. The quantitative estimate of drug-likeness (QED) is 0.350. The third kappa shape index (κ3) is 5.62. The summed E-state index contributed by atoms with van der Waals surface area (Å²) in [5.74, 6) is 0.568. The van der Waals surface area contributed by atoms with Crippen LogP contribution >= 0.6 is 0 Å². The number of aromatic nitrogens is 3. The highest BCUT2D eigenvalue weighted by atomic mass is 32.2. The van der Waals surface area contributed by atoms with Crippen LogP contribution in [0.2, 0.25) is 0 Å². The fraction of sp³-hybridized carbons (Fsp3) is 0.286. The molecular formula is C21H25N5O5S. The van der Waals surface area contributed by atoms with Crippen molar-refractivity contribution in [2.24, 2.45) is 0 Å². The van der Waals surface area contributed by atoms with Gasteiger partial charge in [0.05, 0.1) is 31.9 Å². The van der Waals surface area contributed by atoms with Crippen molar-refractivity contribution in [2.75, 3.05) is 38.5 Å². The Hall–Kier alpha value is -3.44. The maximum Gasteiger partial charge on any atom is 0.251 e. The van der Waals surface area contributed by atoms with Crippen LogP contribution in [0.5, 0.6) is 11.5 Å². The van der Waals surface area contributed by atoms with E-state index in [0.29, 0.717) is 34.9 Å². The molecule has 1 amide bonds. The second-order valence-electron chi connectivity index (χ2n) is 6.87. The normalized spacial score (nSPS) is 11.7. The van der Waals surface area contributed by atoms with Crippen molar-refractivity contribution >= 4 is 38.7 Å². The molecule has 10 nitrogen and oxygen atoms in total. The average molecular weight is 460 g/mol. The van der Waals surface area contributed by atoms with E-state index in [1.54, 1.807) is 36.5 Å². The highest BCUT2D eigenvalue weighted by Gasteiger charge is 2.20. The number of hydrogen-bond acceptors (Lipinski definition) is 7. The molecule has 3 aromatic rings. The number of nitrogens with zero attached hydrogens (tertiary/aromatic N) is 3. The van der Waals surface area contributed by atoms with E-state index in [2.05, 4.69) is 19.9 Å². The first-order chi connectivity index (χ1) is 15.3. The zero-order chi connectivity index (χ0) is 23.1. The Bertz CT molecular complexity index is 1220. The van der Waals surface area contributed by atoms with Gasteiger partial charge in [-0.1, -0.05) is 6.07 Å². The summed E-state index contributed by atoms with van der Waals surface area (Å²) in [7, 11) is -0.310. The molecule has 2 heterocycles. The molecule has 0 fully saturated rings. The Kier molecular flexibility index (Phi) is 7.44. The van der Waals surface area contributed by atoms with E-state index in [0.717, 1.165) is 11.6 Å². The minimum Gasteiger partial charge on any atom is -0.493 e. The minimum absolute atomic E-state index is 0.190. The van der Waals surface area contributed by atoms with Gasteiger partial charge in [-0.15, -0.1) is 0 Å². The lowest BCUT2D eigenvalue weighted by atomic mass is 10.2. The molecule has 3 rings (SSSR count). The van der Waals surface area contributed by atoms with Gasteiger partial charge in [-0.25, -0.2) is 18.1 Å². The molecule has 2 N–H and O–H groups in total. The van der Waals surface area contributed by atoms with Gasteiger partial charge in [-0.2, -0.15) is 5.10 Å². The number of fused-ring (bicyclic) bond motifs is 1. The number of benzene rings is 1. The molecule has 1 aromatic carbocycles. The average Bonchev–Trinajstić information content (AvgIpc) is 3.19. The zero-order valence-corrected chi connectivity index (χ0v) is 18.8. The number of nitrogens with one attached hydrogen (secondary N) is 2. The number of sulfonamides is 1. The monoisotopic (exact) mass is 459 g/mol. The van der Waals surface area contributed by atoms with Crippen LogP contribution in [0.25, 0.3) is 17.1 Å². The van der Waals surface area contributed by atoms with E-state index in [1.165, 1.54) is 25.2 Å². The van der Waals surface area contributed by atoms with E-state index >= 15 is 0 Å². The molecule has 32 heavy (non-hydrogen) atoms. The summed E-state index contributed by atoms with van der Waals surface area (Å²) in [6, 6.07) is 8.88. The second-order valence-corrected chi connectivity index (χ2v) is 8.70. The molecule has 0 bridgehead atoms. The number of anilines is 1. The van der Waals surface area contributed by atoms with Gasteiger partial charge >= 0.3 is 0 Å². The summed E-state index contributed by atoms with van der Waals surface area (Å²) in [4.78, 5) is 18.9. The molecule has 0 saturated heterocycles. The van der Waals surface area contributed by atoms with Gasteiger partial charge in [0.25, 0.3) is 5.91 Å². The fourth-order valence-corrected chi connectivity index (χ4v) is 3.68. The molecule has 0 atom stereocenters. The molecule has 0 spiro atoms. The predicted octanol–water partition coefficient (Wildman–Crippen LogP) is 1.96. The maximum atomic E-state index is 13.2. The lowest BCUT2D eigenvalue weighted by Crippen LogP contribution is -2.33. The van der Waals surface area contributed by atoms with Gasteiger partial charge in [-0.05, 0) is 36.8 Å². The van der Waals surface area contributed by atoms with E-state index in [9.17, 15) is 13.2 Å². The first kappa shape index (κ1) is 23.2. The predicted molar refractivity (Wildman–Crippen MR) is 122 cm³/mol. The van der Waals surface area contributed by atoms with Gasteiger partial charge in [-0.3, -0.25) is 9.89 Å². The molecule has 0 radical (unpaired) electrons. The molecule has 0 saturated carbocycles. The number of aromatic amines is 1. The lowest BCUT2D eigenvalue weighted by Gasteiger charge is -2.24. The summed E-state index contributed by atoms with van der Waals surface area (Å²) in [5.41, 5.74) is 1.72. The summed E-state index contributed by atoms with van der Waals surface area (Å²) in [5, 5.41) is 7.78. The van der Waals surface area contributed by atoms with Crippen molar-refractivity contribution < 1.29 is 22.7 Å². The SMILES string of the molecule is COc1cccc(N(CCCNS(C)(=O)=O)C(=O)/C=C/c2[nH]nc3ncccc23)c1OC. The highest BCUT2D eigenvalue weighted by molar-refractivity contribution is 7.88. The van der Waals surface area contributed by atoms with E-state index in [-0.39, 0.29) is 19.0 Å². The number of ether oxygens (including phenoxy) is 2. The van der Waals surface area contributed by atoms with E-state index in [1.807, 2.05) is 6.07 Å². The van der Waals surface area contributed by atoms with Gasteiger partial charge in [0.2, 0.25) is 10.0 Å². The number of amides is 1. The molecule has 11 heteroatoms. The smallest absolute Gasteiger partial charge is 0.251 e. The van der Waals surface area contributed by atoms with Gasteiger partial charge < -0.3 is 14.4 Å². The first-order valence-electron chi connectivity index (χ1n) is 9.78. The Labute approximate surface area is 186 Å². The fourth-order valence-electron chi connectivity index (χ4n) is 3.17. The molecule has 0 aliphatic heterocycles. The van der Waals surface area contributed by atoms with Crippen LogP contribution < -0.4 is 19.1 Å². The highest BCUT2D eigenvalue weighted by Crippen LogP contribution is 2.37. The van der Waals surface area contributed by atoms with Crippen molar-refractivity contribution in [1.29, 1.82) is 0 Å². The van der Waals surface area contributed by atoms with Crippen LogP contribution in [0, 0.1) is 0 Å². The summed E-state index contributed by atoms with van der Waals surface area (Å²) in [6.45, 7) is 0.440. The van der Waals surface area contributed by atoms with Crippen molar-refractivity contribution in [3.05, 3.63) is 48.3 Å². The molecular weight excluding hydrogens is 434 g/mol. The van der Waals surface area contributed by atoms with Crippen molar-refractivity contribution in [3.8, 4) is 11.5 Å². The number of methoxy groups -OCH3 is 2. The maximum absolute atomic E-state index is 13.2. The summed E-state index contributed by atoms with van der Waals surface area (Å²) >= 11 is 0. The van der Waals surface area contributed by atoms with Gasteiger partial charge in [0.15, 0.2) is 17.1 Å². The van der Waals surface area contributed by atoms with E-state index in [4.69, 9.17) is 9.47 Å². The van der Waals surface area contributed by atoms with Crippen molar-refractivity contribution in [1.82, 2.24) is 19.9 Å². The zero-order valence-electron chi connectivity index (χ0n) is 18.0. The van der Waals surface area contributed by atoms with Gasteiger partial charge in [0.1, 0.15) is 0 Å². The molecule has 2 aromatic heterocycles. The minimum atomic E-state index is -3.32. The lowest BCUT2D eigenvalue weighted by molar-refractivity contribution is -0.114. The van der Waals surface area contributed by atoms with Crippen LogP contribution in [-0.2, 0) is 14.8 Å². The number of hydrogen-bond donors (Lipinski definition) is 2. The Morgan fingerprint density at radius 3 is 2.75 bits per heavy atom. The first-order valence-corrected chi connectivity index (χ1v) is 11.7. The number of para-hydroxylation sites is 1. The van der Waals surface area contributed by atoms with Crippen molar-refractivity contribution in [3.63, 3.8) is 0 Å². The topological polar surface area (TPSA) is 127 Å². The largest absolute Gasteiger partial charge is 0.493 e. The Morgan fingerprint density at radius 2 is 2.03 bits per heavy atom. The molecule has 0 aliphatic carbocycles. The second kappa shape index (κ2) is 10.2. The number of H-pyrrole nitrogens is 1. The van der Waals surface area contributed by atoms with Crippen molar-refractivity contribution in [2.45, 2.75) is 6.42 Å². The van der Waals surface area contributed by atoms with Crippen LogP contribution in [0.3, 0.4) is 0 Å². The van der Waals surface area contributed by atoms with Crippen LogP contribution in [0.1, 0.15) is 12.1 Å². The third-order valence-corrected chi connectivity index (χ3v) is 5.34. The summed E-state index contributed by atoms with van der Waals surface area (Å²) in [6.07, 6.45) is 6.18. The number of pyridine rings is 1. The number of rotatable bonds is 10. The van der Waals surface area contributed by atoms with Crippen LogP contribution in [-0.4, -0.2) is 63.1 Å². The molecule has 0 unspecified atom stereocenters. The number of carbonyl (C=O) groups excluding carboxylic acids is 1. The standard InChI is InChI=1S/C21H25N5O5S/c1-30-18-9-4-8-17(20(18)31-2)26(14-6-13-23-32(3,28)29)19(27)11-10-16-15-7-5-12-22-21(15)25-24-16/h4-5,7-12,23H,6,13-14H2,1-3H3,(H,22,24,25)/b11-10+. The van der Waals surface area contributed by atoms with Crippen LogP contribution in [0.15, 0.2) is 42.6 Å². The molecule has 0 aliphatic rings. The Balaban J connectivity index is 1.88.